The molecule has 0 aliphatic heterocycles. The van der Waals surface area contributed by atoms with E-state index in [-0.39, 0.29) is 18.1 Å². The molecular weight excluding hydrogens is 326 g/mol. The fourth-order valence-corrected chi connectivity index (χ4v) is 4.37. The molecule has 2 aromatic rings. The minimum absolute atomic E-state index is 0.0338. The van der Waals surface area contributed by atoms with Crippen molar-refractivity contribution in [2.45, 2.75) is 37.0 Å². The molecule has 0 spiro atoms. The first-order chi connectivity index (χ1) is 11.5. The summed E-state index contributed by atoms with van der Waals surface area (Å²) in [6.45, 7) is 0. The molecule has 1 N–H and O–H groups in total. The Balaban J connectivity index is 1.55. The number of aromatic nitrogens is 2. The third-order valence-corrected chi connectivity index (χ3v) is 6.06. The van der Waals surface area contributed by atoms with Crippen LogP contribution >= 0.6 is 0 Å². The number of carbonyl (C=O) groups is 1. The van der Waals surface area contributed by atoms with Crippen LogP contribution in [0, 0.1) is 0 Å². The van der Waals surface area contributed by atoms with Gasteiger partial charge in [-0.3, -0.25) is 9.48 Å². The topological polar surface area (TPSA) is 81.1 Å². The molecule has 1 aliphatic carbocycles. The largest absolute Gasteiger partial charge is 0.311 e. The smallest absolute Gasteiger partial charge is 0.225 e. The first kappa shape index (κ1) is 16.7. The van der Waals surface area contributed by atoms with Crippen molar-refractivity contribution in [3.8, 4) is 0 Å². The van der Waals surface area contributed by atoms with Crippen LogP contribution in [0.3, 0.4) is 0 Å². The number of nitrogens with zero attached hydrogens (tertiary/aromatic N) is 2. The van der Waals surface area contributed by atoms with Crippen LogP contribution in [0.25, 0.3) is 0 Å². The van der Waals surface area contributed by atoms with Crippen LogP contribution in [-0.2, 0) is 34.5 Å². The molecule has 24 heavy (non-hydrogen) atoms. The first-order valence-corrected chi connectivity index (χ1v) is 9.75. The zero-order valence-corrected chi connectivity index (χ0v) is 14.5. The van der Waals surface area contributed by atoms with E-state index in [0.717, 1.165) is 36.3 Å². The highest BCUT2D eigenvalue weighted by Crippen LogP contribution is 2.28. The highest BCUT2D eigenvalue weighted by Gasteiger charge is 2.22. The lowest BCUT2D eigenvalue weighted by atomic mass is 10.2. The Morgan fingerprint density at radius 3 is 2.75 bits per heavy atom. The molecule has 0 atom stereocenters. The van der Waals surface area contributed by atoms with Crippen molar-refractivity contribution in [2.24, 2.45) is 7.05 Å². The zero-order chi connectivity index (χ0) is 17.2. The van der Waals surface area contributed by atoms with Crippen molar-refractivity contribution in [1.82, 2.24) is 9.78 Å². The van der Waals surface area contributed by atoms with Gasteiger partial charge in [-0.1, -0.05) is 18.2 Å². The van der Waals surface area contributed by atoms with Crippen LogP contribution in [-0.4, -0.2) is 29.9 Å². The number of anilines is 1. The predicted molar refractivity (Wildman–Crippen MR) is 91.6 cm³/mol. The highest BCUT2D eigenvalue weighted by molar-refractivity contribution is 7.91. The third-order valence-electron chi connectivity index (χ3n) is 4.25. The lowest BCUT2D eigenvalue weighted by Crippen LogP contribution is -2.17. The summed E-state index contributed by atoms with van der Waals surface area (Å²) in [6, 6.07) is 8.33. The summed E-state index contributed by atoms with van der Waals surface area (Å²) >= 11 is 0. The van der Waals surface area contributed by atoms with Gasteiger partial charge in [0, 0.05) is 19.0 Å². The van der Waals surface area contributed by atoms with Crippen LogP contribution < -0.4 is 5.32 Å². The Hall–Kier alpha value is -2.15. The second-order valence-electron chi connectivity index (χ2n) is 6.03. The molecule has 0 saturated heterocycles. The van der Waals surface area contributed by atoms with Crippen LogP contribution in [0.1, 0.15) is 30.5 Å². The van der Waals surface area contributed by atoms with E-state index in [9.17, 15) is 13.2 Å². The summed E-state index contributed by atoms with van der Waals surface area (Å²) in [5.74, 6) is 0.544. The van der Waals surface area contributed by atoms with Crippen molar-refractivity contribution >= 4 is 21.6 Å². The lowest BCUT2D eigenvalue weighted by Gasteiger charge is -2.08. The second-order valence-corrected chi connectivity index (χ2v) is 8.14. The third kappa shape index (κ3) is 3.51. The number of fused-ring (bicyclic) bond motifs is 1. The van der Waals surface area contributed by atoms with Gasteiger partial charge in [0.1, 0.15) is 5.82 Å². The summed E-state index contributed by atoms with van der Waals surface area (Å²) in [5, 5.41) is 7.29. The number of hydrogen-bond donors (Lipinski definition) is 1. The van der Waals surface area contributed by atoms with Crippen molar-refractivity contribution in [2.75, 3.05) is 11.1 Å². The van der Waals surface area contributed by atoms with E-state index < -0.39 is 9.84 Å². The molecule has 6 nitrogen and oxygen atoms in total. The molecule has 0 unspecified atom stereocenters. The number of hydrogen-bond acceptors (Lipinski definition) is 4. The Labute approximate surface area is 141 Å². The summed E-state index contributed by atoms with van der Waals surface area (Å²) in [7, 11) is -1.52. The van der Waals surface area contributed by atoms with Gasteiger partial charge in [-0.05, 0) is 37.8 Å². The van der Waals surface area contributed by atoms with Crippen LogP contribution in [0.2, 0.25) is 0 Å². The normalized spacial score (nSPS) is 13.7. The highest BCUT2D eigenvalue weighted by atomic mass is 32.2. The van der Waals surface area contributed by atoms with E-state index in [1.165, 1.54) is 0 Å². The van der Waals surface area contributed by atoms with E-state index in [1.54, 1.807) is 35.0 Å². The Morgan fingerprint density at radius 2 is 2.00 bits per heavy atom. The lowest BCUT2D eigenvalue weighted by molar-refractivity contribution is -0.116. The summed E-state index contributed by atoms with van der Waals surface area (Å²) < 4.78 is 26.1. The van der Waals surface area contributed by atoms with Crippen molar-refractivity contribution < 1.29 is 13.2 Å². The fraction of sp³-hybridized carbons (Fsp3) is 0.412. The van der Waals surface area contributed by atoms with Crippen molar-refractivity contribution in [3.05, 3.63) is 41.6 Å². The minimum atomic E-state index is -3.33. The number of aryl methyl sites for hydroxylation is 2. The van der Waals surface area contributed by atoms with Gasteiger partial charge in [-0.15, -0.1) is 0 Å². The van der Waals surface area contributed by atoms with Crippen molar-refractivity contribution in [3.63, 3.8) is 0 Å². The molecule has 0 radical (unpaired) electrons. The molecule has 1 aliphatic rings. The molecule has 1 heterocycles. The number of sulfone groups is 1. The molecule has 1 amide bonds. The number of carbonyl (C=O) groups excluding carboxylic acids is 1. The second kappa shape index (κ2) is 6.76. The summed E-state index contributed by atoms with van der Waals surface area (Å²) in [5.41, 5.74) is 2.17. The SMILES string of the molecule is Cn1nc2c(c1NC(=O)CCCS(=O)(=O)c1ccccc1)CCC2. The monoisotopic (exact) mass is 347 g/mol. The Kier molecular flexibility index (Phi) is 4.71. The van der Waals surface area contributed by atoms with Gasteiger partial charge in [-0.2, -0.15) is 5.10 Å². The van der Waals surface area contributed by atoms with Gasteiger partial charge in [0.05, 0.1) is 16.3 Å². The van der Waals surface area contributed by atoms with Gasteiger partial charge in [0.25, 0.3) is 0 Å². The standard InChI is InChI=1S/C17H21N3O3S/c1-20-17(14-9-5-10-15(14)19-20)18-16(21)11-6-12-24(22,23)13-7-3-2-4-8-13/h2-4,7-8H,5-6,9-12H2,1H3,(H,18,21). The maximum Gasteiger partial charge on any atom is 0.225 e. The molecule has 7 heteroatoms. The molecule has 0 saturated carbocycles. The van der Waals surface area contributed by atoms with E-state index in [4.69, 9.17) is 0 Å². The molecule has 128 valence electrons. The Morgan fingerprint density at radius 1 is 1.25 bits per heavy atom. The molecule has 3 rings (SSSR count). The van der Waals surface area contributed by atoms with E-state index in [2.05, 4.69) is 10.4 Å². The van der Waals surface area contributed by atoms with Gasteiger partial charge in [0.15, 0.2) is 9.84 Å². The van der Waals surface area contributed by atoms with E-state index in [0.29, 0.717) is 11.3 Å². The summed E-state index contributed by atoms with van der Waals surface area (Å²) in [4.78, 5) is 12.4. The van der Waals surface area contributed by atoms with Gasteiger partial charge in [-0.25, -0.2) is 8.42 Å². The maximum absolute atomic E-state index is 12.2. The molecule has 1 aromatic carbocycles. The first-order valence-electron chi connectivity index (χ1n) is 8.10. The van der Waals surface area contributed by atoms with Crippen LogP contribution in [0.15, 0.2) is 35.2 Å². The average molecular weight is 347 g/mol. The maximum atomic E-state index is 12.2. The van der Waals surface area contributed by atoms with E-state index >= 15 is 0 Å². The van der Waals surface area contributed by atoms with Crippen LogP contribution in [0.5, 0.6) is 0 Å². The average Bonchev–Trinajstić information content (AvgIpc) is 3.11. The minimum Gasteiger partial charge on any atom is -0.311 e. The zero-order valence-electron chi connectivity index (χ0n) is 13.7. The summed E-state index contributed by atoms with van der Waals surface area (Å²) in [6.07, 6.45) is 3.42. The van der Waals surface area contributed by atoms with Gasteiger partial charge < -0.3 is 5.32 Å². The molecular formula is C17H21N3O3S. The molecule has 0 bridgehead atoms. The number of benzene rings is 1. The predicted octanol–water partition coefficient (Wildman–Crippen LogP) is 2.10. The van der Waals surface area contributed by atoms with E-state index in [1.807, 2.05) is 7.05 Å². The van der Waals surface area contributed by atoms with Crippen molar-refractivity contribution in [1.29, 1.82) is 0 Å². The molecule has 0 fully saturated rings. The number of rotatable bonds is 6. The Bertz CT molecular complexity index is 841. The number of amides is 1. The van der Waals surface area contributed by atoms with Crippen LogP contribution in [0.4, 0.5) is 5.82 Å². The molecule has 1 aromatic heterocycles. The fourth-order valence-electron chi connectivity index (χ4n) is 3.04. The van der Waals surface area contributed by atoms with Gasteiger partial charge in [0.2, 0.25) is 5.91 Å². The van der Waals surface area contributed by atoms with Gasteiger partial charge >= 0.3 is 0 Å². The quantitative estimate of drug-likeness (QED) is 0.868. The number of nitrogens with one attached hydrogen (secondary N) is 1.